The Balaban J connectivity index is 4.50. The van der Waals surface area contributed by atoms with Crippen molar-refractivity contribution in [2.24, 2.45) is 0 Å². The minimum Gasteiger partial charge on any atom is -0.388 e. The molecule has 2 N–H and O–H groups in total. The van der Waals surface area contributed by atoms with E-state index in [4.69, 9.17) is 0 Å². The summed E-state index contributed by atoms with van der Waals surface area (Å²) in [5.74, 6) is -0.428. The molecule has 0 aliphatic heterocycles. The Morgan fingerprint density at radius 2 is 2.29 bits per heavy atom. The average Bonchev–Trinajstić information content (AvgIpc) is 2.12. The second kappa shape index (κ2) is 7.29. The minimum atomic E-state index is -0.813. The third-order valence-electron chi connectivity index (χ3n) is 1.55. The van der Waals surface area contributed by atoms with Gasteiger partial charge in [-0.1, -0.05) is 25.2 Å². The molecule has 0 aliphatic carbocycles. The minimum absolute atomic E-state index is 0.275. The van der Waals surface area contributed by atoms with Gasteiger partial charge in [0.15, 0.2) is 0 Å². The van der Waals surface area contributed by atoms with Crippen LogP contribution < -0.4 is 5.48 Å². The van der Waals surface area contributed by atoms with Gasteiger partial charge in [-0.25, -0.2) is 5.48 Å². The molecule has 0 heterocycles. The zero-order valence-electron chi connectivity index (χ0n) is 8.78. The van der Waals surface area contributed by atoms with Crippen LogP contribution in [0.2, 0.25) is 0 Å². The summed E-state index contributed by atoms with van der Waals surface area (Å²) >= 11 is 0. The number of rotatable bonds is 5. The van der Waals surface area contributed by atoms with E-state index in [1.54, 1.807) is 12.2 Å². The van der Waals surface area contributed by atoms with E-state index in [9.17, 15) is 9.90 Å². The van der Waals surface area contributed by atoms with Crippen LogP contribution >= 0.6 is 0 Å². The van der Waals surface area contributed by atoms with E-state index in [1.807, 2.05) is 13.0 Å². The van der Waals surface area contributed by atoms with Crippen molar-refractivity contribution >= 4 is 5.91 Å². The summed E-state index contributed by atoms with van der Waals surface area (Å²) in [6, 6.07) is 0. The molecule has 0 bridgehead atoms. The van der Waals surface area contributed by atoms with Gasteiger partial charge in [-0.2, -0.15) is 0 Å². The van der Waals surface area contributed by atoms with Crippen molar-refractivity contribution in [3.63, 3.8) is 0 Å². The maximum absolute atomic E-state index is 11.3. The summed E-state index contributed by atoms with van der Waals surface area (Å²) in [5, 5.41) is 9.29. The quantitative estimate of drug-likeness (QED) is 0.393. The molecule has 1 amide bonds. The summed E-state index contributed by atoms with van der Waals surface area (Å²) in [4.78, 5) is 15.7. The topological polar surface area (TPSA) is 58.6 Å². The smallest absolute Gasteiger partial charge is 0.273 e. The molecule has 0 saturated heterocycles. The Hall–Kier alpha value is -1.13. The Kier molecular flexibility index (Phi) is 6.70. The Labute approximate surface area is 84.2 Å². The van der Waals surface area contributed by atoms with Gasteiger partial charge in [0.2, 0.25) is 0 Å². The van der Waals surface area contributed by atoms with Gasteiger partial charge in [0.1, 0.15) is 0 Å². The first-order valence-corrected chi connectivity index (χ1v) is 4.51. The highest BCUT2D eigenvalue weighted by Gasteiger charge is 2.13. The number of nitrogens with one attached hydrogen (secondary N) is 1. The molecule has 0 aromatic carbocycles. The van der Waals surface area contributed by atoms with Crippen LogP contribution in [0.4, 0.5) is 0 Å². The Morgan fingerprint density at radius 1 is 1.64 bits per heavy atom. The molecule has 4 heteroatoms. The van der Waals surface area contributed by atoms with Gasteiger partial charge in [0, 0.05) is 5.57 Å². The van der Waals surface area contributed by atoms with E-state index >= 15 is 0 Å². The van der Waals surface area contributed by atoms with E-state index in [1.165, 1.54) is 14.0 Å². The molecule has 14 heavy (non-hydrogen) atoms. The molecule has 0 radical (unpaired) electrons. The third-order valence-corrected chi connectivity index (χ3v) is 1.55. The van der Waals surface area contributed by atoms with Crippen LogP contribution in [0.3, 0.4) is 0 Å². The molecular formula is C10H17NO3. The molecule has 0 saturated carbocycles. The van der Waals surface area contributed by atoms with Crippen LogP contribution in [0.15, 0.2) is 23.8 Å². The lowest BCUT2D eigenvalue weighted by Gasteiger charge is -2.08. The van der Waals surface area contributed by atoms with E-state index in [-0.39, 0.29) is 5.57 Å². The zero-order valence-corrected chi connectivity index (χ0v) is 8.78. The van der Waals surface area contributed by atoms with Crippen molar-refractivity contribution in [2.75, 3.05) is 7.11 Å². The van der Waals surface area contributed by atoms with Crippen molar-refractivity contribution in [3.8, 4) is 0 Å². The highest BCUT2D eigenvalue weighted by molar-refractivity contribution is 5.93. The van der Waals surface area contributed by atoms with E-state index in [0.717, 1.165) is 6.42 Å². The molecule has 0 fully saturated rings. The van der Waals surface area contributed by atoms with Crippen molar-refractivity contribution < 1.29 is 14.7 Å². The van der Waals surface area contributed by atoms with Gasteiger partial charge in [-0.3, -0.25) is 9.63 Å². The highest BCUT2D eigenvalue weighted by atomic mass is 16.6. The maximum atomic E-state index is 11.3. The Bertz CT molecular complexity index is 232. The number of hydrogen-bond donors (Lipinski definition) is 2. The van der Waals surface area contributed by atoms with Crippen LogP contribution in [0.1, 0.15) is 20.3 Å². The number of aliphatic hydroxyl groups excluding tert-OH is 1. The molecule has 0 aliphatic rings. The van der Waals surface area contributed by atoms with Gasteiger partial charge in [-0.05, 0) is 13.3 Å². The first kappa shape index (κ1) is 12.9. The lowest BCUT2D eigenvalue weighted by Crippen LogP contribution is -2.28. The van der Waals surface area contributed by atoms with Crippen LogP contribution in [-0.2, 0) is 9.63 Å². The molecule has 0 aromatic heterocycles. The van der Waals surface area contributed by atoms with Crippen molar-refractivity contribution in [2.45, 2.75) is 26.4 Å². The number of hydrogen-bond acceptors (Lipinski definition) is 3. The average molecular weight is 199 g/mol. The largest absolute Gasteiger partial charge is 0.388 e. The molecule has 0 spiro atoms. The number of allylic oxidation sites excluding steroid dienone is 3. The highest BCUT2D eigenvalue weighted by Crippen LogP contribution is 2.02. The lowest BCUT2D eigenvalue weighted by atomic mass is 10.1. The molecule has 80 valence electrons. The van der Waals surface area contributed by atoms with E-state index in [2.05, 4.69) is 10.3 Å². The number of hydroxylamine groups is 1. The van der Waals surface area contributed by atoms with Crippen molar-refractivity contribution in [3.05, 3.63) is 23.8 Å². The van der Waals surface area contributed by atoms with Crippen molar-refractivity contribution in [1.29, 1.82) is 0 Å². The monoisotopic (exact) mass is 199 g/mol. The number of amides is 1. The predicted molar refractivity (Wildman–Crippen MR) is 54.3 cm³/mol. The summed E-state index contributed by atoms with van der Waals surface area (Å²) in [6.45, 7) is 3.52. The fourth-order valence-corrected chi connectivity index (χ4v) is 0.864. The third kappa shape index (κ3) is 4.79. The molecule has 0 rings (SSSR count). The van der Waals surface area contributed by atoms with Crippen LogP contribution in [-0.4, -0.2) is 24.2 Å². The fraction of sp³-hybridized carbons (Fsp3) is 0.500. The first-order chi connectivity index (χ1) is 6.63. The molecule has 1 atom stereocenters. The molecule has 4 nitrogen and oxygen atoms in total. The fourth-order valence-electron chi connectivity index (χ4n) is 0.864. The summed E-state index contributed by atoms with van der Waals surface area (Å²) in [7, 11) is 1.35. The van der Waals surface area contributed by atoms with Crippen molar-refractivity contribution in [1.82, 2.24) is 5.48 Å². The Morgan fingerprint density at radius 3 is 2.71 bits per heavy atom. The van der Waals surface area contributed by atoms with Crippen LogP contribution in [0.5, 0.6) is 0 Å². The second-order valence-electron chi connectivity index (χ2n) is 2.77. The predicted octanol–water partition coefficient (Wildman–Crippen LogP) is 0.937. The standard InChI is InChI=1S/C10H17NO3/c1-4-5-6-7-9(8(2)12)10(13)11-14-3/h5-8,12H,4H2,1-3H3,(H,11,13)/b6-5-,9-7+. The van der Waals surface area contributed by atoms with Crippen LogP contribution in [0, 0.1) is 0 Å². The number of carbonyl (C=O) groups excluding carboxylic acids is 1. The van der Waals surface area contributed by atoms with Gasteiger partial charge in [0.25, 0.3) is 5.91 Å². The summed E-state index contributed by atoms with van der Waals surface area (Å²) in [6.07, 6.45) is 5.27. The SMILES string of the molecule is CC/C=C\C=C(\C(=O)NOC)C(C)O. The first-order valence-electron chi connectivity index (χ1n) is 4.51. The lowest BCUT2D eigenvalue weighted by molar-refractivity contribution is -0.128. The second-order valence-corrected chi connectivity index (χ2v) is 2.77. The molecule has 1 unspecified atom stereocenters. The van der Waals surface area contributed by atoms with Gasteiger partial charge in [0.05, 0.1) is 13.2 Å². The normalized spacial score (nSPS) is 14.4. The van der Waals surface area contributed by atoms with Gasteiger partial charge in [-0.15, -0.1) is 0 Å². The summed E-state index contributed by atoms with van der Waals surface area (Å²) < 4.78 is 0. The summed E-state index contributed by atoms with van der Waals surface area (Å²) in [5.41, 5.74) is 2.43. The maximum Gasteiger partial charge on any atom is 0.273 e. The van der Waals surface area contributed by atoms with Gasteiger partial charge < -0.3 is 5.11 Å². The van der Waals surface area contributed by atoms with E-state index < -0.39 is 12.0 Å². The van der Waals surface area contributed by atoms with E-state index in [0.29, 0.717) is 0 Å². The number of carbonyl (C=O) groups is 1. The zero-order chi connectivity index (χ0) is 11.0. The number of aliphatic hydroxyl groups is 1. The van der Waals surface area contributed by atoms with Gasteiger partial charge >= 0.3 is 0 Å². The molecular weight excluding hydrogens is 182 g/mol. The van der Waals surface area contributed by atoms with Crippen LogP contribution in [0.25, 0.3) is 0 Å². The molecule has 0 aromatic rings.